The van der Waals surface area contributed by atoms with Crippen molar-refractivity contribution in [3.63, 3.8) is 0 Å². The number of aryl methyl sites for hydroxylation is 1. The molecule has 0 spiro atoms. The average molecular weight is 333 g/mol. The number of alkyl halides is 1. The van der Waals surface area contributed by atoms with Gasteiger partial charge in [0.05, 0.1) is 12.2 Å². The van der Waals surface area contributed by atoms with E-state index in [0.29, 0.717) is 6.54 Å². The predicted octanol–water partition coefficient (Wildman–Crippen LogP) is 2.92. The molecule has 0 saturated carbocycles. The summed E-state index contributed by atoms with van der Waals surface area (Å²) in [6.07, 6.45) is 2.80. The summed E-state index contributed by atoms with van der Waals surface area (Å²) in [5, 5.41) is 13.1. The molecule has 1 aromatic carbocycles. The third-order valence-corrected chi connectivity index (χ3v) is 3.27. The lowest BCUT2D eigenvalue weighted by atomic mass is 10.2. The average Bonchev–Trinajstić information content (AvgIpc) is 3.11. The number of halogens is 1. The van der Waals surface area contributed by atoms with E-state index in [-0.39, 0.29) is 0 Å². The molecule has 3 aromatic rings. The van der Waals surface area contributed by atoms with E-state index < -0.39 is 0 Å². The first-order valence-electron chi connectivity index (χ1n) is 6.31. The monoisotopic (exact) mass is 332 g/mol. The van der Waals surface area contributed by atoms with E-state index in [4.69, 9.17) is 4.52 Å². The topological polar surface area (TPSA) is 56.7 Å². The molecular formula is C14H13BrN4O. The zero-order valence-electron chi connectivity index (χ0n) is 10.7. The van der Waals surface area contributed by atoms with Gasteiger partial charge in [-0.05, 0) is 0 Å². The third-order valence-electron chi connectivity index (χ3n) is 2.88. The highest BCUT2D eigenvalue weighted by Crippen LogP contribution is 2.19. The number of hydrogen-bond donors (Lipinski definition) is 0. The minimum atomic E-state index is 0.561. The van der Waals surface area contributed by atoms with Crippen LogP contribution < -0.4 is 0 Å². The summed E-state index contributed by atoms with van der Waals surface area (Å²) in [4.78, 5) is 0. The fourth-order valence-corrected chi connectivity index (χ4v) is 2.32. The molecule has 20 heavy (non-hydrogen) atoms. The molecule has 0 fully saturated rings. The molecule has 0 aliphatic carbocycles. The normalized spacial score (nSPS) is 10.8. The molecule has 2 heterocycles. The Bertz CT molecular complexity index is 677. The van der Waals surface area contributed by atoms with Crippen molar-refractivity contribution in [3.05, 3.63) is 54.0 Å². The second-order valence-electron chi connectivity index (χ2n) is 4.39. The van der Waals surface area contributed by atoms with E-state index in [1.165, 1.54) is 0 Å². The van der Waals surface area contributed by atoms with Crippen LogP contribution in [-0.2, 0) is 13.0 Å². The molecule has 0 atom stereocenters. The number of aromatic nitrogens is 4. The van der Waals surface area contributed by atoms with Gasteiger partial charge in [0.15, 0.2) is 5.76 Å². The maximum Gasteiger partial charge on any atom is 0.167 e. The van der Waals surface area contributed by atoms with Gasteiger partial charge < -0.3 is 4.52 Å². The minimum absolute atomic E-state index is 0.561. The van der Waals surface area contributed by atoms with Crippen molar-refractivity contribution < 1.29 is 4.52 Å². The highest BCUT2D eigenvalue weighted by molar-refractivity contribution is 9.09. The summed E-state index contributed by atoms with van der Waals surface area (Å²) >= 11 is 3.39. The lowest BCUT2D eigenvalue weighted by molar-refractivity contribution is 0.419. The van der Waals surface area contributed by atoms with E-state index in [1.807, 2.05) is 42.6 Å². The van der Waals surface area contributed by atoms with Crippen molar-refractivity contribution in [2.24, 2.45) is 0 Å². The van der Waals surface area contributed by atoms with E-state index in [1.54, 1.807) is 4.68 Å². The Balaban J connectivity index is 1.73. The maximum absolute atomic E-state index is 5.36. The van der Waals surface area contributed by atoms with Gasteiger partial charge in [0.25, 0.3) is 0 Å². The molecule has 0 bridgehead atoms. The molecule has 0 amide bonds. The van der Waals surface area contributed by atoms with Gasteiger partial charge in [0, 0.05) is 29.6 Å². The summed E-state index contributed by atoms with van der Waals surface area (Å²) in [5.74, 6) is 0.765. The van der Waals surface area contributed by atoms with Crippen LogP contribution >= 0.6 is 15.9 Å². The van der Waals surface area contributed by atoms with Gasteiger partial charge in [0.2, 0.25) is 0 Å². The molecule has 2 aromatic heterocycles. The van der Waals surface area contributed by atoms with Crippen LogP contribution in [0.25, 0.3) is 11.3 Å². The Hall–Kier alpha value is -1.95. The summed E-state index contributed by atoms with van der Waals surface area (Å²) < 4.78 is 7.13. The van der Waals surface area contributed by atoms with Gasteiger partial charge in [-0.25, -0.2) is 4.68 Å². The number of nitrogens with zero attached hydrogens (tertiary/aromatic N) is 4. The maximum atomic E-state index is 5.36. The molecule has 0 saturated heterocycles. The Labute approximate surface area is 124 Å². The van der Waals surface area contributed by atoms with E-state index in [0.717, 1.165) is 34.5 Å². The minimum Gasteiger partial charge on any atom is -0.356 e. The summed E-state index contributed by atoms with van der Waals surface area (Å²) in [6, 6.07) is 11.8. The van der Waals surface area contributed by atoms with E-state index >= 15 is 0 Å². The van der Waals surface area contributed by atoms with Gasteiger partial charge >= 0.3 is 0 Å². The quantitative estimate of drug-likeness (QED) is 0.674. The van der Waals surface area contributed by atoms with Gasteiger partial charge in [0.1, 0.15) is 5.69 Å². The predicted molar refractivity (Wildman–Crippen MR) is 78.6 cm³/mol. The van der Waals surface area contributed by atoms with Gasteiger partial charge in [-0.2, -0.15) is 0 Å². The first kappa shape index (κ1) is 13.1. The lowest BCUT2D eigenvalue weighted by Crippen LogP contribution is -2.00. The van der Waals surface area contributed by atoms with Gasteiger partial charge in [-0.1, -0.05) is 56.6 Å². The molecule has 0 aliphatic heterocycles. The summed E-state index contributed by atoms with van der Waals surface area (Å²) in [7, 11) is 0. The molecule has 3 rings (SSSR count). The van der Waals surface area contributed by atoms with E-state index in [2.05, 4.69) is 31.4 Å². The molecule has 0 N–H and O–H groups in total. The highest BCUT2D eigenvalue weighted by Gasteiger charge is 2.08. The first-order chi connectivity index (χ1) is 9.85. The Morgan fingerprint density at radius 3 is 2.80 bits per heavy atom. The fourth-order valence-electron chi connectivity index (χ4n) is 1.92. The van der Waals surface area contributed by atoms with Crippen molar-refractivity contribution in [2.45, 2.75) is 13.0 Å². The molecule has 0 aliphatic rings. The van der Waals surface area contributed by atoms with Crippen LogP contribution in [0.2, 0.25) is 0 Å². The smallest absolute Gasteiger partial charge is 0.167 e. The standard InChI is InChI=1S/C14H13BrN4O/c15-7-6-12-9-19(18-16-12)10-13-8-14(20-17-13)11-4-2-1-3-5-11/h1-5,8-9H,6-7,10H2. The van der Waals surface area contributed by atoms with Crippen molar-refractivity contribution in [1.29, 1.82) is 0 Å². The Morgan fingerprint density at radius 2 is 2.00 bits per heavy atom. The summed E-state index contributed by atoms with van der Waals surface area (Å²) in [5.41, 5.74) is 2.82. The first-order valence-corrected chi connectivity index (χ1v) is 7.43. The fraction of sp³-hybridized carbons (Fsp3) is 0.214. The zero-order valence-corrected chi connectivity index (χ0v) is 12.3. The largest absolute Gasteiger partial charge is 0.356 e. The zero-order chi connectivity index (χ0) is 13.8. The van der Waals surface area contributed by atoms with Crippen LogP contribution in [0.1, 0.15) is 11.4 Å². The Kier molecular flexibility index (Phi) is 3.92. The van der Waals surface area contributed by atoms with Crippen LogP contribution in [0, 0.1) is 0 Å². The molecular weight excluding hydrogens is 320 g/mol. The van der Waals surface area contributed by atoms with Crippen LogP contribution in [0.15, 0.2) is 47.1 Å². The molecule has 6 heteroatoms. The lowest BCUT2D eigenvalue weighted by Gasteiger charge is -1.93. The van der Waals surface area contributed by atoms with Crippen LogP contribution in [0.5, 0.6) is 0 Å². The second kappa shape index (κ2) is 6.00. The van der Waals surface area contributed by atoms with Crippen molar-refractivity contribution in [3.8, 4) is 11.3 Å². The highest BCUT2D eigenvalue weighted by atomic mass is 79.9. The van der Waals surface area contributed by atoms with Gasteiger partial charge in [-0.3, -0.25) is 0 Å². The van der Waals surface area contributed by atoms with Crippen molar-refractivity contribution in [1.82, 2.24) is 20.2 Å². The van der Waals surface area contributed by atoms with Crippen molar-refractivity contribution >= 4 is 15.9 Å². The Morgan fingerprint density at radius 1 is 1.15 bits per heavy atom. The van der Waals surface area contributed by atoms with E-state index in [9.17, 15) is 0 Å². The van der Waals surface area contributed by atoms with Crippen LogP contribution in [0.3, 0.4) is 0 Å². The summed E-state index contributed by atoms with van der Waals surface area (Å²) in [6.45, 7) is 0.561. The number of hydrogen-bond acceptors (Lipinski definition) is 4. The molecule has 102 valence electrons. The number of rotatable bonds is 5. The number of benzene rings is 1. The van der Waals surface area contributed by atoms with Crippen LogP contribution in [0.4, 0.5) is 0 Å². The molecule has 5 nitrogen and oxygen atoms in total. The molecule has 0 unspecified atom stereocenters. The SMILES string of the molecule is BrCCc1cn(Cc2cc(-c3ccccc3)on2)nn1. The van der Waals surface area contributed by atoms with Crippen LogP contribution in [-0.4, -0.2) is 25.5 Å². The third kappa shape index (κ3) is 2.96. The second-order valence-corrected chi connectivity index (χ2v) is 5.19. The van der Waals surface area contributed by atoms with Crippen molar-refractivity contribution in [2.75, 3.05) is 5.33 Å². The van der Waals surface area contributed by atoms with Gasteiger partial charge in [-0.15, -0.1) is 5.10 Å². The molecule has 0 radical (unpaired) electrons.